The van der Waals surface area contributed by atoms with Gasteiger partial charge >= 0.3 is 0 Å². The normalized spacial score (nSPS) is 10.7. The van der Waals surface area contributed by atoms with Crippen molar-refractivity contribution in [2.75, 3.05) is 5.32 Å². The number of aryl methyl sites for hydroxylation is 1. The Morgan fingerprint density at radius 3 is 2.70 bits per heavy atom. The Balaban J connectivity index is 1.56. The number of anilines is 1. The van der Waals surface area contributed by atoms with Crippen molar-refractivity contribution in [1.82, 2.24) is 19.7 Å². The van der Waals surface area contributed by atoms with Crippen LogP contribution < -0.4 is 5.32 Å². The second-order valence-corrected chi connectivity index (χ2v) is 6.76. The fourth-order valence-corrected chi connectivity index (χ4v) is 3.57. The largest absolute Gasteiger partial charge is 0.321 e. The van der Waals surface area contributed by atoms with Gasteiger partial charge in [-0.1, -0.05) is 30.3 Å². The van der Waals surface area contributed by atoms with Gasteiger partial charge in [0, 0.05) is 11.3 Å². The predicted molar refractivity (Wildman–Crippen MR) is 102 cm³/mol. The highest BCUT2D eigenvalue weighted by molar-refractivity contribution is 7.17. The molecule has 27 heavy (non-hydrogen) atoms. The summed E-state index contributed by atoms with van der Waals surface area (Å²) < 4.78 is 15.6. The SMILES string of the molecule is Cc1nc(-c2ccccc2)sc1C(=O)Nc1ccc(-n2cncn2)c(F)c1. The van der Waals surface area contributed by atoms with Gasteiger partial charge in [-0.2, -0.15) is 5.10 Å². The molecule has 0 spiro atoms. The summed E-state index contributed by atoms with van der Waals surface area (Å²) in [7, 11) is 0. The zero-order valence-electron chi connectivity index (χ0n) is 14.3. The lowest BCUT2D eigenvalue weighted by molar-refractivity contribution is 0.103. The van der Waals surface area contributed by atoms with Crippen LogP contribution in [0, 0.1) is 12.7 Å². The Labute approximate surface area is 158 Å². The smallest absolute Gasteiger partial charge is 0.267 e. The van der Waals surface area contributed by atoms with E-state index in [1.165, 1.54) is 40.8 Å². The van der Waals surface area contributed by atoms with Crippen LogP contribution in [-0.2, 0) is 0 Å². The first-order chi connectivity index (χ1) is 13.1. The molecule has 2 aromatic carbocycles. The zero-order chi connectivity index (χ0) is 18.8. The molecule has 134 valence electrons. The van der Waals surface area contributed by atoms with Gasteiger partial charge < -0.3 is 5.32 Å². The summed E-state index contributed by atoms with van der Waals surface area (Å²) in [6, 6.07) is 14.1. The van der Waals surface area contributed by atoms with Gasteiger partial charge in [-0.05, 0) is 25.1 Å². The standard InChI is InChI=1S/C19H14FN5OS/c1-12-17(27-19(23-12)13-5-3-2-4-6-13)18(26)24-14-7-8-16(15(20)9-14)25-11-21-10-22-25/h2-11H,1H3,(H,24,26). The molecular weight excluding hydrogens is 365 g/mol. The monoisotopic (exact) mass is 379 g/mol. The van der Waals surface area contributed by atoms with Crippen molar-refractivity contribution in [2.45, 2.75) is 6.92 Å². The zero-order valence-corrected chi connectivity index (χ0v) is 15.1. The van der Waals surface area contributed by atoms with Crippen molar-refractivity contribution >= 4 is 22.9 Å². The van der Waals surface area contributed by atoms with Crippen molar-refractivity contribution in [3.05, 3.63) is 77.6 Å². The summed E-state index contributed by atoms with van der Waals surface area (Å²) in [6.45, 7) is 1.78. The maximum atomic E-state index is 14.3. The first-order valence-corrected chi connectivity index (χ1v) is 8.92. The lowest BCUT2D eigenvalue weighted by atomic mass is 10.2. The van der Waals surface area contributed by atoms with Crippen molar-refractivity contribution in [2.24, 2.45) is 0 Å². The van der Waals surface area contributed by atoms with E-state index in [-0.39, 0.29) is 11.6 Å². The van der Waals surface area contributed by atoms with E-state index in [0.29, 0.717) is 16.3 Å². The Kier molecular flexibility index (Phi) is 4.47. The molecular formula is C19H14FN5OS. The molecule has 4 rings (SSSR count). The van der Waals surface area contributed by atoms with E-state index in [2.05, 4.69) is 20.4 Å². The van der Waals surface area contributed by atoms with Crippen LogP contribution in [-0.4, -0.2) is 25.7 Å². The summed E-state index contributed by atoms with van der Waals surface area (Å²) in [5.41, 5.74) is 2.20. The molecule has 2 heterocycles. The second kappa shape index (κ2) is 7.08. The molecule has 1 amide bonds. The van der Waals surface area contributed by atoms with Crippen LogP contribution in [0.4, 0.5) is 10.1 Å². The molecule has 0 atom stereocenters. The van der Waals surface area contributed by atoms with Crippen LogP contribution in [0.2, 0.25) is 0 Å². The average Bonchev–Trinajstić information content (AvgIpc) is 3.32. The molecule has 0 aliphatic carbocycles. The van der Waals surface area contributed by atoms with Gasteiger partial charge in [-0.15, -0.1) is 11.3 Å². The minimum atomic E-state index is -0.510. The Hall–Kier alpha value is -3.39. The van der Waals surface area contributed by atoms with Crippen molar-refractivity contribution in [1.29, 1.82) is 0 Å². The molecule has 6 nitrogen and oxygen atoms in total. The highest BCUT2D eigenvalue weighted by atomic mass is 32.1. The fourth-order valence-electron chi connectivity index (χ4n) is 2.60. The lowest BCUT2D eigenvalue weighted by Gasteiger charge is -2.07. The van der Waals surface area contributed by atoms with E-state index in [4.69, 9.17) is 0 Å². The number of benzene rings is 2. The van der Waals surface area contributed by atoms with Gasteiger partial charge in [0.25, 0.3) is 5.91 Å². The second-order valence-electron chi connectivity index (χ2n) is 5.76. The van der Waals surface area contributed by atoms with E-state index < -0.39 is 5.82 Å². The number of nitrogens with zero attached hydrogens (tertiary/aromatic N) is 4. The third kappa shape index (κ3) is 3.47. The number of aromatic nitrogens is 4. The number of hydrogen-bond acceptors (Lipinski definition) is 5. The maximum absolute atomic E-state index is 14.3. The summed E-state index contributed by atoms with van der Waals surface area (Å²) in [5, 5.41) is 7.39. The third-order valence-electron chi connectivity index (χ3n) is 3.89. The number of hydrogen-bond donors (Lipinski definition) is 1. The highest BCUT2D eigenvalue weighted by Crippen LogP contribution is 2.28. The van der Waals surface area contributed by atoms with Gasteiger partial charge in [0.1, 0.15) is 28.2 Å². The summed E-state index contributed by atoms with van der Waals surface area (Å²) >= 11 is 1.31. The molecule has 4 aromatic rings. The lowest BCUT2D eigenvalue weighted by Crippen LogP contribution is -2.12. The van der Waals surface area contributed by atoms with Crippen LogP contribution in [0.15, 0.2) is 61.2 Å². The molecule has 0 unspecified atom stereocenters. The molecule has 0 aliphatic rings. The summed E-state index contributed by atoms with van der Waals surface area (Å²) in [6.07, 6.45) is 2.73. The van der Waals surface area contributed by atoms with Gasteiger partial charge in [0.15, 0.2) is 5.82 Å². The first kappa shape index (κ1) is 17.0. The molecule has 0 saturated heterocycles. The van der Waals surface area contributed by atoms with E-state index in [1.807, 2.05) is 30.3 Å². The highest BCUT2D eigenvalue weighted by Gasteiger charge is 2.17. The number of amides is 1. The number of carbonyl (C=O) groups is 1. The van der Waals surface area contributed by atoms with E-state index >= 15 is 0 Å². The molecule has 0 bridgehead atoms. The van der Waals surface area contributed by atoms with Crippen LogP contribution in [0.5, 0.6) is 0 Å². The van der Waals surface area contributed by atoms with Crippen molar-refractivity contribution in [3.8, 4) is 16.3 Å². The Morgan fingerprint density at radius 1 is 1.19 bits per heavy atom. The molecule has 0 saturated carbocycles. The van der Waals surface area contributed by atoms with Gasteiger partial charge in [0.2, 0.25) is 0 Å². The van der Waals surface area contributed by atoms with E-state index in [0.717, 1.165) is 10.6 Å². The molecule has 0 aliphatic heterocycles. The third-order valence-corrected chi connectivity index (χ3v) is 5.10. The Morgan fingerprint density at radius 2 is 2.00 bits per heavy atom. The minimum absolute atomic E-state index is 0.255. The van der Waals surface area contributed by atoms with E-state index in [1.54, 1.807) is 13.0 Å². The van der Waals surface area contributed by atoms with Crippen LogP contribution in [0.25, 0.3) is 16.3 Å². The molecule has 0 radical (unpaired) electrons. The number of rotatable bonds is 4. The van der Waals surface area contributed by atoms with Gasteiger partial charge in [-0.25, -0.2) is 19.0 Å². The van der Waals surface area contributed by atoms with E-state index in [9.17, 15) is 9.18 Å². The molecule has 8 heteroatoms. The van der Waals surface area contributed by atoms with Crippen molar-refractivity contribution in [3.63, 3.8) is 0 Å². The minimum Gasteiger partial charge on any atom is -0.321 e. The molecule has 1 N–H and O–H groups in total. The van der Waals surface area contributed by atoms with Gasteiger partial charge in [0.05, 0.1) is 5.69 Å². The fraction of sp³-hybridized carbons (Fsp3) is 0.0526. The summed E-state index contributed by atoms with van der Waals surface area (Å²) in [5.74, 6) is -0.829. The average molecular weight is 379 g/mol. The maximum Gasteiger partial charge on any atom is 0.267 e. The van der Waals surface area contributed by atoms with Crippen molar-refractivity contribution < 1.29 is 9.18 Å². The number of halogens is 1. The number of thiazole rings is 1. The topological polar surface area (TPSA) is 72.7 Å². The van der Waals surface area contributed by atoms with Crippen LogP contribution in [0.3, 0.4) is 0 Å². The Bertz CT molecular complexity index is 1090. The predicted octanol–water partition coefficient (Wildman–Crippen LogP) is 4.09. The van der Waals surface area contributed by atoms with Gasteiger partial charge in [-0.3, -0.25) is 4.79 Å². The van der Waals surface area contributed by atoms with Crippen LogP contribution in [0.1, 0.15) is 15.4 Å². The molecule has 0 fully saturated rings. The van der Waals surface area contributed by atoms with Crippen LogP contribution >= 0.6 is 11.3 Å². The quantitative estimate of drug-likeness (QED) is 0.580. The summed E-state index contributed by atoms with van der Waals surface area (Å²) in [4.78, 5) is 21.4. The number of carbonyl (C=O) groups excluding carboxylic acids is 1. The molecule has 2 aromatic heterocycles. The number of nitrogens with one attached hydrogen (secondary N) is 1. The first-order valence-electron chi connectivity index (χ1n) is 8.10.